The zero-order chi connectivity index (χ0) is 16.3. The maximum absolute atomic E-state index is 12.7. The molecule has 0 amide bonds. The lowest BCUT2D eigenvalue weighted by atomic mass is 10.00. The fraction of sp³-hybridized carbons (Fsp3) is 0.571. The lowest BCUT2D eigenvalue weighted by Gasteiger charge is -2.16. The largest absolute Gasteiger partial charge is 0.416 e. The van der Waals surface area contributed by atoms with Crippen LogP contribution in [0.1, 0.15) is 37.0 Å². The summed E-state index contributed by atoms with van der Waals surface area (Å²) in [4.78, 5) is 0. The first kappa shape index (κ1) is 17.8. The third-order valence-electron chi connectivity index (χ3n) is 3.07. The van der Waals surface area contributed by atoms with E-state index in [0.29, 0.717) is 13.0 Å². The molecule has 0 aliphatic rings. The van der Waals surface area contributed by atoms with Crippen molar-refractivity contribution in [2.24, 2.45) is 0 Å². The minimum Gasteiger partial charge on any atom is -0.315 e. The molecule has 0 radical (unpaired) electrons. The summed E-state index contributed by atoms with van der Waals surface area (Å²) in [5, 5.41) is 3.06. The number of hydrogen-bond donors (Lipinski definition) is 1. The van der Waals surface area contributed by atoms with Gasteiger partial charge in [-0.25, -0.2) is 0 Å². The standard InChI is InChI=1S/C14H17F6N/c1-3-21-9(2)4-5-10-6-11(13(15,16)17)8-12(7-10)14(18,19)20/h6-9,21H,3-5H2,1-2H3. The molecule has 0 saturated carbocycles. The second-order valence-electron chi connectivity index (χ2n) is 4.91. The van der Waals surface area contributed by atoms with Gasteiger partial charge < -0.3 is 5.32 Å². The van der Waals surface area contributed by atoms with Gasteiger partial charge in [-0.05, 0) is 50.1 Å². The molecule has 0 heterocycles. The number of benzene rings is 1. The molecule has 0 fully saturated rings. The van der Waals surface area contributed by atoms with E-state index >= 15 is 0 Å². The third-order valence-corrected chi connectivity index (χ3v) is 3.07. The molecule has 1 unspecified atom stereocenters. The van der Waals surface area contributed by atoms with Crippen molar-refractivity contribution in [1.29, 1.82) is 0 Å². The highest BCUT2D eigenvalue weighted by atomic mass is 19.4. The molecule has 1 aromatic carbocycles. The van der Waals surface area contributed by atoms with E-state index < -0.39 is 23.5 Å². The Morgan fingerprint density at radius 2 is 1.43 bits per heavy atom. The van der Waals surface area contributed by atoms with E-state index in [0.717, 1.165) is 12.1 Å². The molecule has 1 nitrogen and oxygen atoms in total. The fourth-order valence-electron chi connectivity index (χ4n) is 2.00. The summed E-state index contributed by atoms with van der Waals surface area (Å²) in [6.07, 6.45) is -8.96. The number of hydrogen-bond acceptors (Lipinski definition) is 1. The summed E-state index contributed by atoms with van der Waals surface area (Å²) < 4.78 is 76.1. The Hall–Kier alpha value is -1.24. The highest BCUT2D eigenvalue weighted by molar-refractivity contribution is 5.33. The third kappa shape index (κ3) is 5.57. The van der Waals surface area contributed by atoms with Crippen LogP contribution < -0.4 is 5.32 Å². The Morgan fingerprint density at radius 3 is 1.81 bits per heavy atom. The van der Waals surface area contributed by atoms with E-state index in [4.69, 9.17) is 0 Å². The van der Waals surface area contributed by atoms with Crippen LogP contribution >= 0.6 is 0 Å². The average Bonchev–Trinajstić information content (AvgIpc) is 2.34. The van der Waals surface area contributed by atoms with Gasteiger partial charge in [0.2, 0.25) is 0 Å². The monoisotopic (exact) mass is 313 g/mol. The SMILES string of the molecule is CCNC(C)CCc1cc(C(F)(F)F)cc(C(F)(F)F)c1. The number of halogens is 6. The van der Waals surface area contributed by atoms with E-state index in [-0.39, 0.29) is 24.1 Å². The number of aryl methyl sites for hydroxylation is 1. The van der Waals surface area contributed by atoms with Crippen molar-refractivity contribution >= 4 is 0 Å². The second-order valence-corrected chi connectivity index (χ2v) is 4.91. The normalized spacial score (nSPS) is 14.3. The molecule has 0 aliphatic carbocycles. The Morgan fingerprint density at radius 1 is 0.952 bits per heavy atom. The summed E-state index contributed by atoms with van der Waals surface area (Å²) in [7, 11) is 0. The van der Waals surface area contributed by atoms with Gasteiger partial charge in [-0.2, -0.15) is 26.3 Å². The molecule has 0 aromatic heterocycles. The molecule has 1 atom stereocenters. The molecule has 0 spiro atoms. The maximum Gasteiger partial charge on any atom is 0.416 e. The van der Waals surface area contributed by atoms with E-state index in [1.165, 1.54) is 0 Å². The molecule has 1 N–H and O–H groups in total. The Bertz CT molecular complexity index is 431. The van der Waals surface area contributed by atoms with Crippen LogP contribution in [0, 0.1) is 0 Å². The lowest BCUT2D eigenvalue weighted by molar-refractivity contribution is -0.143. The molecule has 21 heavy (non-hydrogen) atoms. The van der Waals surface area contributed by atoms with Crippen LogP contribution in [0.25, 0.3) is 0 Å². The van der Waals surface area contributed by atoms with Crippen LogP contribution in [-0.2, 0) is 18.8 Å². The van der Waals surface area contributed by atoms with Gasteiger partial charge in [0.15, 0.2) is 0 Å². The average molecular weight is 313 g/mol. The molecule has 1 rings (SSSR count). The first-order valence-electron chi connectivity index (χ1n) is 6.55. The van der Waals surface area contributed by atoms with Crippen molar-refractivity contribution in [2.75, 3.05) is 6.54 Å². The molecule has 0 saturated heterocycles. The highest BCUT2D eigenvalue weighted by Crippen LogP contribution is 2.36. The number of rotatable bonds is 5. The van der Waals surface area contributed by atoms with Gasteiger partial charge in [0.1, 0.15) is 0 Å². The van der Waals surface area contributed by atoms with Crippen LogP contribution in [0.3, 0.4) is 0 Å². The number of alkyl halides is 6. The zero-order valence-electron chi connectivity index (χ0n) is 11.7. The van der Waals surface area contributed by atoms with Gasteiger partial charge in [-0.15, -0.1) is 0 Å². The Labute approximate surface area is 119 Å². The second kappa shape index (κ2) is 6.68. The van der Waals surface area contributed by atoms with Gasteiger partial charge >= 0.3 is 12.4 Å². The van der Waals surface area contributed by atoms with Crippen molar-refractivity contribution in [3.05, 3.63) is 34.9 Å². The van der Waals surface area contributed by atoms with Crippen molar-refractivity contribution < 1.29 is 26.3 Å². The van der Waals surface area contributed by atoms with Gasteiger partial charge in [-0.1, -0.05) is 6.92 Å². The summed E-state index contributed by atoms with van der Waals surface area (Å²) in [6.45, 7) is 4.40. The van der Waals surface area contributed by atoms with E-state index in [9.17, 15) is 26.3 Å². The summed E-state index contributed by atoms with van der Waals surface area (Å²) in [5.41, 5.74) is -2.48. The first-order valence-corrected chi connectivity index (χ1v) is 6.55. The minimum absolute atomic E-state index is 0.0267. The van der Waals surface area contributed by atoms with Crippen LogP contribution in [0.15, 0.2) is 18.2 Å². The molecule has 0 aliphatic heterocycles. The molecular formula is C14H17F6N. The minimum atomic E-state index is -4.79. The van der Waals surface area contributed by atoms with Crippen molar-refractivity contribution in [1.82, 2.24) is 5.32 Å². The fourth-order valence-corrected chi connectivity index (χ4v) is 2.00. The highest BCUT2D eigenvalue weighted by Gasteiger charge is 2.36. The van der Waals surface area contributed by atoms with Gasteiger partial charge in [-0.3, -0.25) is 0 Å². The van der Waals surface area contributed by atoms with Crippen molar-refractivity contribution in [3.63, 3.8) is 0 Å². The zero-order valence-corrected chi connectivity index (χ0v) is 11.7. The Balaban J connectivity index is 3.03. The summed E-state index contributed by atoms with van der Waals surface area (Å²) >= 11 is 0. The predicted molar refractivity (Wildman–Crippen MR) is 67.9 cm³/mol. The smallest absolute Gasteiger partial charge is 0.315 e. The summed E-state index contributed by atoms with van der Waals surface area (Å²) in [6, 6.07) is 1.75. The van der Waals surface area contributed by atoms with Crippen LogP contribution in [-0.4, -0.2) is 12.6 Å². The van der Waals surface area contributed by atoms with Gasteiger partial charge in [0.05, 0.1) is 11.1 Å². The first-order chi connectivity index (χ1) is 9.54. The predicted octanol–water partition coefficient (Wildman–Crippen LogP) is 4.65. The quantitative estimate of drug-likeness (QED) is 0.780. The van der Waals surface area contributed by atoms with E-state index in [1.807, 2.05) is 13.8 Å². The van der Waals surface area contributed by atoms with Crippen LogP contribution in [0.5, 0.6) is 0 Å². The summed E-state index contributed by atoms with van der Waals surface area (Å²) in [5.74, 6) is 0. The van der Waals surface area contributed by atoms with Crippen LogP contribution in [0.2, 0.25) is 0 Å². The maximum atomic E-state index is 12.7. The number of nitrogens with one attached hydrogen (secondary N) is 1. The van der Waals surface area contributed by atoms with Gasteiger partial charge in [0.25, 0.3) is 0 Å². The van der Waals surface area contributed by atoms with Crippen molar-refractivity contribution in [2.45, 2.75) is 45.1 Å². The molecule has 7 heteroatoms. The van der Waals surface area contributed by atoms with Crippen LogP contribution in [0.4, 0.5) is 26.3 Å². The van der Waals surface area contributed by atoms with Crippen molar-refractivity contribution in [3.8, 4) is 0 Å². The molecular weight excluding hydrogens is 296 g/mol. The van der Waals surface area contributed by atoms with Gasteiger partial charge in [0, 0.05) is 6.04 Å². The lowest BCUT2D eigenvalue weighted by Crippen LogP contribution is -2.26. The Kier molecular flexibility index (Phi) is 5.67. The molecule has 1 aromatic rings. The topological polar surface area (TPSA) is 12.0 Å². The van der Waals surface area contributed by atoms with E-state index in [2.05, 4.69) is 5.32 Å². The molecule has 0 bridgehead atoms. The van der Waals surface area contributed by atoms with E-state index in [1.54, 1.807) is 0 Å². The molecule has 120 valence electrons.